The van der Waals surface area contributed by atoms with Crippen LogP contribution in [0.25, 0.3) is 0 Å². The third kappa shape index (κ3) is 4.45. The summed E-state index contributed by atoms with van der Waals surface area (Å²) in [6, 6.07) is 11.7. The normalized spacial score (nSPS) is 16.1. The first-order valence-corrected chi connectivity index (χ1v) is 9.44. The molecular formula is C22H24FN3O3. The number of amides is 3. The zero-order chi connectivity index (χ0) is 21.1. The van der Waals surface area contributed by atoms with Gasteiger partial charge in [-0.1, -0.05) is 30.3 Å². The Balaban J connectivity index is 1.62. The summed E-state index contributed by atoms with van der Waals surface area (Å²) in [5.41, 5.74) is 2.78. The van der Waals surface area contributed by atoms with Crippen molar-refractivity contribution in [2.75, 3.05) is 30.4 Å². The number of anilines is 2. The first-order chi connectivity index (χ1) is 13.8. The first-order valence-electron chi connectivity index (χ1n) is 9.44. The molecule has 0 aliphatic carbocycles. The Hall–Kier alpha value is -3.22. The van der Waals surface area contributed by atoms with Gasteiger partial charge in [-0.3, -0.25) is 14.4 Å². The number of hydrogen-bond donors (Lipinski definition) is 1. The Labute approximate surface area is 169 Å². The van der Waals surface area contributed by atoms with Gasteiger partial charge in [0, 0.05) is 25.7 Å². The molecule has 0 spiro atoms. The van der Waals surface area contributed by atoms with Crippen LogP contribution in [0.15, 0.2) is 42.5 Å². The molecule has 0 aromatic heterocycles. The maximum Gasteiger partial charge on any atom is 0.243 e. The largest absolute Gasteiger partial charge is 0.336 e. The highest BCUT2D eigenvalue weighted by Gasteiger charge is 2.37. The smallest absolute Gasteiger partial charge is 0.243 e. The molecule has 0 bridgehead atoms. The lowest BCUT2D eigenvalue weighted by Gasteiger charge is -2.22. The fourth-order valence-corrected chi connectivity index (χ4v) is 3.57. The molecule has 1 aliphatic rings. The molecular weight excluding hydrogens is 373 g/mol. The molecule has 152 valence electrons. The number of carbonyl (C=O) groups excluding carboxylic acids is 3. The first kappa shape index (κ1) is 20.5. The molecule has 3 amide bonds. The number of nitrogens with zero attached hydrogens (tertiary/aromatic N) is 2. The van der Waals surface area contributed by atoms with Crippen LogP contribution in [0.2, 0.25) is 0 Å². The number of likely N-dealkylation sites (N-methyl/N-ethyl adjacent to an activating group) is 1. The maximum absolute atomic E-state index is 14.0. The molecule has 3 rings (SSSR count). The summed E-state index contributed by atoms with van der Waals surface area (Å²) >= 11 is 0. The van der Waals surface area contributed by atoms with Gasteiger partial charge in [0.1, 0.15) is 5.82 Å². The van der Waals surface area contributed by atoms with Gasteiger partial charge in [0.15, 0.2) is 0 Å². The van der Waals surface area contributed by atoms with Crippen molar-refractivity contribution in [1.82, 2.24) is 4.90 Å². The predicted octanol–water partition coefficient (Wildman–Crippen LogP) is 2.89. The second kappa shape index (κ2) is 8.43. The summed E-state index contributed by atoms with van der Waals surface area (Å²) in [7, 11) is 1.53. The molecule has 1 heterocycles. The Morgan fingerprint density at radius 1 is 1.14 bits per heavy atom. The quantitative estimate of drug-likeness (QED) is 0.844. The summed E-state index contributed by atoms with van der Waals surface area (Å²) < 4.78 is 14.0. The summed E-state index contributed by atoms with van der Waals surface area (Å²) in [4.78, 5) is 40.1. The lowest BCUT2D eigenvalue weighted by Crippen LogP contribution is -2.39. The van der Waals surface area contributed by atoms with Crippen LogP contribution in [0.5, 0.6) is 0 Å². The van der Waals surface area contributed by atoms with Gasteiger partial charge in [0.25, 0.3) is 0 Å². The van der Waals surface area contributed by atoms with E-state index in [1.54, 1.807) is 12.1 Å². The van der Waals surface area contributed by atoms with E-state index in [1.807, 2.05) is 32.0 Å². The number of aryl methyl sites for hydroxylation is 2. The molecule has 29 heavy (non-hydrogen) atoms. The zero-order valence-electron chi connectivity index (χ0n) is 16.7. The third-order valence-electron chi connectivity index (χ3n) is 5.12. The second-order valence-corrected chi connectivity index (χ2v) is 7.37. The summed E-state index contributed by atoms with van der Waals surface area (Å²) in [5.74, 6) is -2.04. The Kier molecular flexibility index (Phi) is 5.96. The van der Waals surface area contributed by atoms with Crippen molar-refractivity contribution in [1.29, 1.82) is 0 Å². The molecule has 0 unspecified atom stereocenters. The number of halogens is 1. The van der Waals surface area contributed by atoms with Gasteiger partial charge in [-0.15, -0.1) is 0 Å². The van der Waals surface area contributed by atoms with Crippen LogP contribution < -0.4 is 10.2 Å². The van der Waals surface area contributed by atoms with Crippen LogP contribution in [0, 0.1) is 25.6 Å². The highest BCUT2D eigenvalue weighted by molar-refractivity contribution is 6.01. The minimum Gasteiger partial charge on any atom is -0.336 e. The van der Waals surface area contributed by atoms with Gasteiger partial charge >= 0.3 is 0 Å². The minimum absolute atomic E-state index is 0.00394. The highest BCUT2D eigenvalue weighted by atomic mass is 19.1. The monoisotopic (exact) mass is 397 g/mol. The van der Waals surface area contributed by atoms with Crippen molar-refractivity contribution in [3.8, 4) is 0 Å². The molecule has 2 aromatic carbocycles. The van der Waals surface area contributed by atoms with Crippen LogP contribution in [-0.2, 0) is 14.4 Å². The van der Waals surface area contributed by atoms with Crippen LogP contribution >= 0.6 is 0 Å². The van der Waals surface area contributed by atoms with Crippen LogP contribution in [0.1, 0.15) is 17.5 Å². The van der Waals surface area contributed by atoms with E-state index in [9.17, 15) is 18.8 Å². The van der Waals surface area contributed by atoms with E-state index in [-0.39, 0.29) is 42.9 Å². The third-order valence-corrected chi connectivity index (χ3v) is 5.12. The molecule has 6 nitrogen and oxygen atoms in total. The minimum atomic E-state index is -0.611. The van der Waals surface area contributed by atoms with Gasteiger partial charge in [0.2, 0.25) is 17.7 Å². The van der Waals surface area contributed by atoms with Gasteiger partial charge in [-0.05, 0) is 37.1 Å². The van der Waals surface area contributed by atoms with E-state index in [0.717, 1.165) is 16.8 Å². The molecule has 0 saturated carbocycles. The number of hydrogen-bond acceptors (Lipinski definition) is 3. The van der Waals surface area contributed by atoms with Crippen LogP contribution in [-0.4, -0.2) is 42.8 Å². The SMILES string of the molecule is Cc1cccc(C)c1NC(=O)CN(C)C(=O)[C@@H]1CC(=O)N(c2ccccc2F)C1. The van der Waals surface area contributed by atoms with Gasteiger partial charge in [-0.2, -0.15) is 0 Å². The summed E-state index contributed by atoms with van der Waals surface area (Å²) in [6.45, 7) is 3.77. The number of nitrogens with one attached hydrogen (secondary N) is 1. The lowest BCUT2D eigenvalue weighted by atomic mass is 10.1. The zero-order valence-corrected chi connectivity index (χ0v) is 16.7. The van der Waals surface area contributed by atoms with Crippen molar-refractivity contribution in [3.63, 3.8) is 0 Å². The average molecular weight is 397 g/mol. The second-order valence-electron chi connectivity index (χ2n) is 7.37. The van der Waals surface area contributed by atoms with E-state index in [1.165, 1.54) is 29.0 Å². The van der Waals surface area contributed by atoms with Crippen LogP contribution in [0.3, 0.4) is 0 Å². The molecule has 7 heteroatoms. The highest BCUT2D eigenvalue weighted by Crippen LogP contribution is 2.28. The van der Waals surface area contributed by atoms with Gasteiger partial charge in [0.05, 0.1) is 18.2 Å². The standard InChI is InChI=1S/C22H24FN3O3/c1-14-7-6-8-15(2)21(14)24-19(27)13-25(3)22(29)16-11-20(28)26(12-16)18-10-5-4-9-17(18)23/h4-10,16H,11-13H2,1-3H3,(H,24,27)/t16-/m1/s1. The fraction of sp³-hybridized carbons (Fsp3) is 0.318. The fourth-order valence-electron chi connectivity index (χ4n) is 3.57. The van der Waals surface area contributed by atoms with E-state index in [0.29, 0.717) is 0 Å². The molecule has 2 aromatic rings. The van der Waals surface area contributed by atoms with Crippen molar-refractivity contribution in [2.24, 2.45) is 5.92 Å². The molecule has 1 aliphatic heterocycles. The van der Waals surface area contributed by atoms with Gasteiger partial charge in [-0.25, -0.2) is 4.39 Å². The predicted molar refractivity (Wildman–Crippen MR) is 109 cm³/mol. The van der Waals surface area contributed by atoms with Crippen molar-refractivity contribution < 1.29 is 18.8 Å². The molecule has 1 fully saturated rings. The van der Waals surface area contributed by atoms with E-state index in [4.69, 9.17) is 0 Å². The van der Waals surface area contributed by atoms with Gasteiger partial charge < -0.3 is 15.1 Å². The number of rotatable bonds is 5. The van der Waals surface area contributed by atoms with Crippen molar-refractivity contribution in [2.45, 2.75) is 20.3 Å². The van der Waals surface area contributed by atoms with E-state index in [2.05, 4.69) is 5.32 Å². The average Bonchev–Trinajstić information content (AvgIpc) is 3.06. The lowest BCUT2D eigenvalue weighted by molar-refractivity contribution is -0.137. The van der Waals surface area contributed by atoms with E-state index >= 15 is 0 Å². The van der Waals surface area contributed by atoms with Crippen molar-refractivity contribution in [3.05, 3.63) is 59.4 Å². The van der Waals surface area contributed by atoms with Crippen LogP contribution in [0.4, 0.5) is 15.8 Å². The van der Waals surface area contributed by atoms with E-state index < -0.39 is 11.7 Å². The Morgan fingerprint density at radius 3 is 2.45 bits per heavy atom. The summed E-state index contributed by atoms with van der Waals surface area (Å²) in [6.07, 6.45) is -0.00394. The maximum atomic E-state index is 14.0. The Bertz CT molecular complexity index is 940. The summed E-state index contributed by atoms with van der Waals surface area (Å²) in [5, 5.41) is 2.85. The molecule has 1 N–H and O–H groups in total. The van der Waals surface area contributed by atoms with Crippen molar-refractivity contribution >= 4 is 29.1 Å². The molecule has 0 radical (unpaired) electrons. The molecule has 1 saturated heterocycles. The molecule has 1 atom stereocenters. The number of carbonyl (C=O) groups is 3. The topological polar surface area (TPSA) is 69.7 Å². The Morgan fingerprint density at radius 2 is 1.79 bits per heavy atom. The number of para-hydroxylation sites is 2. The number of benzene rings is 2.